The second kappa shape index (κ2) is 14.1. The summed E-state index contributed by atoms with van der Waals surface area (Å²) in [4.78, 5) is 18.1. The van der Waals surface area contributed by atoms with Crippen LogP contribution in [0, 0.1) is 34.5 Å². The summed E-state index contributed by atoms with van der Waals surface area (Å²) in [5.41, 5.74) is -0.146. The van der Waals surface area contributed by atoms with Crippen molar-refractivity contribution in [1.29, 1.82) is 0 Å². The summed E-state index contributed by atoms with van der Waals surface area (Å²) in [6.07, 6.45) is 21.7. The average Bonchev–Trinajstić information content (AvgIpc) is 2.81. The molecule has 3 heteroatoms. The van der Waals surface area contributed by atoms with Gasteiger partial charge in [-0.05, 0) is 67.6 Å². The highest BCUT2D eigenvalue weighted by molar-refractivity contribution is 5.77. The molecule has 0 saturated heterocycles. The van der Waals surface area contributed by atoms with Gasteiger partial charge in [0.15, 0.2) is 0 Å². The minimum Gasteiger partial charge on any atom is -0.300 e. The van der Waals surface area contributed by atoms with Crippen LogP contribution in [0.25, 0.3) is 0 Å². The first-order chi connectivity index (χ1) is 15.8. The molecule has 0 unspecified atom stereocenters. The maximum atomic E-state index is 13.5. The highest BCUT2D eigenvalue weighted by Crippen LogP contribution is 2.54. The third-order valence-corrected chi connectivity index (χ3v) is 9.31. The van der Waals surface area contributed by atoms with E-state index in [1.807, 2.05) is 0 Å². The Bertz CT molecular complexity index is 505. The molecule has 0 atom stereocenters. The SMILES string of the molecule is CCCCC1CCC(C(CCCCC(C)(C)C)(C(=O)OO)C2CCC(CCCC)CC2)CC1. The van der Waals surface area contributed by atoms with Crippen molar-refractivity contribution in [1.82, 2.24) is 0 Å². The van der Waals surface area contributed by atoms with E-state index in [1.54, 1.807) is 0 Å². The van der Waals surface area contributed by atoms with E-state index in [-0.39, 0.29) is 5.97 Å². The number of carbonyl (C=O) groups excluding carboxylic acids is 1. The van der Waals surface area contributed by atoms with Gasteiger partial charge >= 0.3 is 5.97 Å². The predicted molar refractivity (Wildman–Crippen MR) is 139 cm³/mol. The molecular weight excluding hydrogens is 408 g/mol. The minimum absolute atomic E-state index is 0.299. The number of unbranched alkanes of at least 4 members (excludes halogenated alkanes) is 3. The summed E-state index contributed by atoms with van der Waals surface area (Å²) < 4.78 is 0. The van der Waals surface area contributed by atoms with E-state index in [9.17, 15) is 10.1 Å². The molecule has 2 saturated carbocycles. The lowest BCUT2D eigenvalue weighted by Gasteiger charge is -2.48. The normalized spacial score (nSPS) is 28.3. The van der Waals surface area contributed by atoms with Gasteiger partial charge in [-0.3, -0.25) is 0 Å². The standard InChI is InChI=1S/C30H56O3/c1-6-8-12-24-14-18-26(19-15-24)30(28(31)33-32,23-11-10-22-29(3,4)5)27-20-16-25(17-21-27)13-9-7-2/h24-27,32H,6-23H2,1-5H3. The number of rotatable bonds is 13. The summed E-state index contributed by atoms with van der Waals surface area (Å²) in [6.45, 7) is 11.5. The molecule has 0 amide bonds. The zero-order chi connectivity index (χ0) is 24.3. The molecule has 3 nitrogen and oxygen atoms in total. The van der Waals surface area contributed by atoms with Crippen LogP contribution in [-0.4, -0.2) is 11.2 Å². The molecule has 2 aliphatic rings. The lowest BCUT2D eigenvalue weighted by molar-refractivity contribution is -0.254. The van der Waals surface area contributed by atoms with E-state index in [0.717, 1.165) is 56.8 Å². The van der Waals surface area contributed by atoms with Crippen molar-refractivity contribution in [2.75, 3.05) is 0 Å². The molecular formula is C30H56O3. The molecule has 2 aliphatic carbocycles. The molecule has 0 aromatic heterocycles. The van der Waals surface area contributed by atoms with Crippen LogP contribution in [0.5, 0.6) is 0 Å². The Balaban J connectivity index is 2.16. The van der Waals surface area contributed by atoms with Crippen molar-refractivity contribution < 1.29 is 14.9 Å². The Hall–Kier alpha value is -0.570. The van der Waals surface area contributed by atoms with Crippen LogP contribution >= 0.6 is 0 Å². The van der Waals surface area contributed by atoms with Gasteiger partial charge in [0.1, 0.15) is 0 Å². The second-order valence-corrected chi connectivity index (χ2v) is 12.9. The lowest BCUT2D eigenvalue weighted by atomic mass is 9.55. The van der Waals surface area contributed by atoms with Crippen LogP contribution in [-0.2, 0) is 9.68 Å². The monoisotopic (exact) mass is 464 g/mol. The van der Waals surface area contributed by atoms with Gasteiger partial charge in [0.05, 0.1) is 5.41 Å². The summed E-state index contributed by atoms with van der Waals surface area (Å²) in [5.74, 6) is 2.11. The van der Waals surface area contributed by atoms with Crippen LogP contribution in [0.3, 0.4) is 0 Å². The maximum Gasteiger partial charge on any atom is 0.348 e. The molecule has 0 aromatic rings. The van der Waals surface area contributed by atoms with Crippen molar-refractivity contribution >= 4 is 5.97 Å². The Morgan fingerprint density at radius 3 is 1.52 bits per heavy atom. The first kappa shape index (κ1) is 28.7. The van der Waals surface area contributed by atoms with Crippen LogP contribution < -0.4 is 0 Å². The fraction of sp³-hybridized carbons (Fsp3) is 0.967. The Kier molecular flexibility index (Phi) is 12.2. The molecule has 0 bridgehead atoms. The number of hydrogen-bond donors (Lipinski definition) is 1. The third-order valence-electron chi connectivity index (χ3n) is 9.31. The van der Waals surface area contributed by atoms with Gasteiger partial charge in [-0.2, -0.15) is 5.26 Å². The van der Waals surface area contributed by atoms with Crippen LogP contribution in [0.2, 0.25) is 0 Å². The Morgan fingerprint density at radius 2 is 1.15 bits per heavy atom. The summed E-state index contributed by atoms with van der Waals surface area (Å²) in [6, 6.07) is 0. The number of hydrogen-bond acceptors (Lipinski definition) is 3. The van der Waals surface area contributed by atoms with Gasteiger partial charge in [-0.1, -0.05) is 112 Å². The Morgan fingerprint density at radius 1 is 0.727 bits per heavy atom. The average molecular weight is 465 g/mol. The highest BCUT2D eigenvalue weighted by atomic mass is 17.1. The summed E-state index contributed by atoms with van der Waals surface area (Å²) in [7, 11) is 0. The second-order valence-electron chi connectivity index (χ2n) is 12.9. The molecule has 0 spiro atoms. The molecule has 0 aromatic carbocycles. The molecule has 0 aliphatic heterocycles. The number of carbonyl (C=O) groups is 1. The van der Waals surface area contributed by atoms with E-state index >= 15 is 0 Å². The van der Waals surface area contributed by atoms with Crippen molar-refractivity contribution in [3.8, 4) is 0 Å². The van der Waals surface area contributed by atoms with Crippen molar-refractivity contribution in [3.63, 3.8) is 0 Å². The van der Waals surface area contributed by atoms with Crippen LogP contribution in [0.1, 0.15) is 150 Å². The third kappa shape index (κ3) is 8.55. The molecule has 0 radical (unpaired) electrons. The lowest BCUT2D eigenvalue weighted by Crippen LogP contribution is -2.48. The van der Waals surface area contributed by atoms with Crippen LogP contribution in [0.15, 0.2) is 0 Å². The Labute approximate surface area is 205 Å². The molecule has 33 heavy (non-hydrogen) atoms. The zero-order valence-corrected chi connectivity index (χ0v) is 22.8. The smallest absolute Gasteiger partial charge is 0.300 e. The highest BCUT2D eigenvalue weighted by Gasteiger charge is 2.53. The van der Waals surface area contributed by atoms with Crippen molar-refractivity contribution in [3.05, 3.63) is 0 Å². The predicted octanol–water partition coefficient (Wildman–Crippen LogP) is 9.59. The van der Waals surface area contributed by atoms with Crippen molar-refractivity contribution in [2.24, 2.45) is 34.5 Å². The first-order valence-corrected chi connectivity index (χ1v) is 14.6. The van der Waals surface area contributed by atoms with Crippen molar-refractivity contribution in [2.45, 2.75) is 150 Å². The topological polar surface area (TPSA) is 46.5 Å². The minimum atomic E-state index is -0.474. The summed E-state index contributed by atoms with van der Waals surface area (Å²) >= 11 is 0. The van der Waals surface area contributed by atoms with Gasteiger partial charge < -0.3 is 4.89 Å². The molecule has 0 heterocycles. The fourth-order valence-electron chi connectivity index (χ4n) is 7.25. The largest absolute Gasteiger partial charge is 0.348 e. The van der Waals surface area contributed by atoms with E-state index in [0.29, 0.717) is 17.3 Å². The molecule has 2 fully saturated rings. The van der Waals surface area contributed by atoms with E-state index < -0.39 is 5.41 Å². The summed E-state index contributed by atoms with van der Waals surface area (Å²) in [5, 5.41) is 9.70. The van der Waals surface area contributed by atoms with Gasteiger partial charge in [-0.15, -0.1) is 0 Å². The molecule has 1 N–H and O–H groups in total. The molecule has 2 rings (SSSR count). The van der Waals surface area contributed by atoms with Gasteiger partial charge in [0, 0.05) is 0 Å². The van der Waals surface area contributed by atoms with E-state index in [1.165, 1.54) is 70.6 Å². The quantitative estimate of drug-likeness (QED) is 0.168. The van der Waals surface area contributed by atoms with E-state index in [4.69, 9.17) is 0 Å². The van der Waals surface area contributed by atoms with Crippen LogP contribution in [0.4, 0.5) is 0 Å². The fourth-order valence-corrected chi connectivity index (χ4v) is 7.25. The first-order valence-electron chi connectivity index (χ1n) is 14.6. The maximum absolute atomic E-state index is 13.5. The zero-order valence-electron chi connectivity index (χ0n) is 22.8. The van der Waals surface area contributed by atoms with Gasteiger partial charge in [0.25, 0.3) is 0 Å². The van der Waals surface area contributed by atoms with Gasteiger partial charge in [-0.25, -0.2) is 4.79 Å². The molecule has 194 valence electrons. The van der Waals surface area contributed by atoms with E-state index in [2.05, 4.69) is 39.5 Å². The van der Waals surface area contributed by atoms with Gasteiger partial charge in [0.2, 0.25) is 0 Å².